The van der Waals surface area contributed by atoms with Crippen molar-refractivity contribution in [3.63, 3.8) is 0 Å². The third-order valence-electron chi connectivity index (χ3n) is 3.13. The first kappa shape index (κ1) is 14.2. The molecule has 0 aromatic carbocycles. The van der Waals surface area contributed by atoms with Gasteiger partial charge in [-0.05, 0) is 60.1 Å². The summed E-state index contributed by atoms with van der Waals surface area (Å²) in [5, 5.41) is 3.36. The largest absolute Gasteiger partial charge is 0.317 e. The molecule has 1 N–H and O–H groups in total. The van der Waals surface area contributed by atoms with Crippen LogP contribution in [0.3, 0.4) is 0 Å². The molecule has 0 aliphatic rings. The average Bonchev–Trinajstić information content (AvgIpc) is 2.46. The molecule has 19 heavy (non-hydrogen) atoms. The summed E-state index contributed by atoms with van der Waals surface area (Å²) in [4.78, 5) is 8.77. The van der Waals surface area contributed by atoms with Gasteiger partial charge in [0.25, 0.3) is 0 Å². The van der Waals surface area contributed by atoms with E-state index in [9.17, 15) is 0 Å². The van der Waals surface area contributed by atoms with Crippen LogP contribution in [-0.4, -0.2) is 23.1 Å². The summed E-state index contributed by atoms with van der Waals surface area (Å²) in [6.45, 7) is 0. The molecule has 2 aromatic rings. The number of aromatic nitrogens is 2. The first-order chi connectivity index (χ1) is 9.28. The minimum Gasteiger partial charge on any atom is -0.317 e. The van der Waals surface area contributed by atoms with Gasteiger partial charge in [0.1, 0.15) is 0 Å². The SMILES string of the molecule is CNC(CCc1ccccn1)Cc1ccc(Br)cn1. The second kappa shape index (κ2) is 7.36. The summed E-state index contributed by atoms with van der Waals surface area (Å²) in [5.41, 5.74) is 2.26. The van der Waals surface area contributed by atoms with Crippen molar-refractivity contribution < 1.29 is 0 Å². The summed E-state index contributed by atoms with van der Waals surface area (Å²) in [5.74, 6) is 0. The Labute approximate surface area is 122 Å². The molecular formula is C15H18BrN3. The molecular weight excluding hydrogens is 302 g/mol. The van der Waals surface area contributed by atoms with E-state index in [2.05, 4.69) is 43.3 Å². The molecule has 0 aliphatic carbocycles. The van der Waals surface area contributed by atoms with Crippen molar-refractivity contribution in [1.29, 1.82) is 0 Å². The van der Waals surface area contributed by atoms with E-state index < -0.39 is 0 Å². The van der Waals surface area contributed by atoms with E-state index in [1.54, 1.807) is 0 Å². The lowest BCUT2D eigenvalue weighted by atomic mass is 10.0. The van der Waals surface area contributed by atoms with E-state index in [0.717, 1.165) is 35.1 Å². The number of rotatable bonds is 6. The van der Waals surface area contributed by atoms with Crippen LogP contribution in [0.4, 0.5) is 0 Å². The van der Waals surface area contributed by atoms with Crippen LogP contribution in [-0.2, 0) is 12.8 Å². The molecule has 4 heteroatoms. The van der Waals surface area contributed by atoms with Gasteiger partial charge in [-0.1, -0.05) is 6.07 Å². The molecule has 0 saturated heterocycles. The molecule has 2 rings (SSSR count). The van der Waals surface area contributed by atoms with Gasteiger partial charge in [0, 0.05) is 40.7 Å². The highest BCUT2D eigenvalue weighted by Gasteiger charge is 2.08. The van der Waals surface area contributed by atoms with Crippen LogP contribution in [0.5, 0.6) is 0 Å². The lowest BCUT2D eigenvalue weighted by molar-refractivity contribution is 0.512. The van der Waals surface area contributed by atoms with Gasteiger partial charge in [-0.25, -0.2) is 0 Å². The Morgan fingerprint density at radius 3 is 2.68 bits per heavy atom. The predicted molar refractivity (Wildman–Crippen MR) is 81.0 cm³/mol. The lowest BCUT2D eigenvalue weighted by Gasteiger charge is -2.15. The maximum Gasteiger partial charge on any atom is 0.0419 e. The molecule has 0 saturated carbocycles. The van der Waals surface area contributed by atoms with Crippen LogP contribution in [0.15, 0.2) is 47.2 Å². The minimum absolute atomic E-state index is 0.427. The molecule has 0 amide bonds. The molecule has 100 valence electrons. The quantitative estimate of drug-likeness (QED) is 0.889. The van der Waals surface area contributed by atoms with Gasteiger partial charge in [0.15, 0.2) is 0 Å². The molecule has 3 nitrogen and oxygen atoms in total. The number of hydrogen-bond acceptors (Lipinski definition) is 3. The van der Waals surface area contributed by atoms with Gasteiger partial charge >= 0.3 is 0 Å². The monoisotopic (exact) mass is 319 g/mol. The van der Waals surface area contributed by atoms with E-state index in [4.69, 9.17) is 0 Å². The topological polar surface area (TPSA) is 37.8 Å². The molecule has 0 spiro atoms. The fourth-order valence-corrected chi connectivity index (χ4v) is 2.23. The van der Waals surface area contributed by atoms with E-state index in [1.165, 1.54) is 0 Å². The standard InChI is InChI=1S/C15H18BrN3/c1-17-14(8-7-13-4-2-3-9-18-13)10-15-6-5-12(16)11-19-15/h2-6,9,11,14,17H,7-8,10H2,1H3. The third-order valence-corrected chi connectivity index (χ3v) is 3.60. The number of halogens is 1. The first-order valence-electron chi connectivity index (χ1n) is 6.45. The Morgan fingerprint density at radius 1 is 1.16 bits per heavy atom. The van der Waals surface area contributed by atoms with Crippen molar-refractivity contribution in [1.82, 2.24) is 15.3 Å². The number of likely N-dealkylation sites (N-methyl/N-ethyl adjacent to an activating group) is 1. The normalized spacial score (nSPS) is 12.3. The average molecular weight is 320 g/mol. The molecule has 0 radical (unpaired) electrons. The molecule has 0 aliphatic heterocycles. The Morgan fingerprint density at radius 2 is 2.05 bits per heavy atom. The predicted octanol–water partition coefficient (Wildman–Crippen LogP) is 3.00. The summed E-state index contributed by atoms with van der Waals surface area (Å²) in [6.07, 6.45) is 6.69. The zero-order valence-corrected chi connectivity index (χ0v) is 12.6. The van der Waals surface area contributed by atoms with Crippen molar-refractivity contribution in [2.24, 2.45) is 0 Å². The van der Waals surface area contributed by atoms with Crippen LogP contribution in [0, 0.1) is 0 Å². The van der Waals surface area contributed by atoms with E-state index >= 15 is 0 Å². The van der Waals surface area contributed by atoms with Gasteiger partial charge in [0.05, 0.1) is 0 Å². The maximum absolute atomic E-state index is 4.42. The lowest BCUT2D eigenvalue weighted by Crippen LogP contribution is -2.28. The number of nitrogens with zero attached hydrogens (tertiary/aromatic N) is 2. The van der Waals surface area contributed by atoms with Crippen LogP contribution < -0.4 is 5.32 Å². The van der Waals surface area contributed by atoms with Gasteiger partial charge < -0.3 is 5.32 Å². The van der Waals surface area contributed by atoms with Crippen LogP contribution in [0.25, 0.3) is 0 Å². The fraction of sp³-hybridized carbons (Fsp3) is 0.333. The molecule has 0 bridgehead atoms. The maximum atomic E-state index is 4.42. The van der Waals surface area contributed by atoms with Gasteiger partial charge in [-0.2, -0.15) is 0 Å². The first-order valence-corrected chi connectivity index (χ1v) is 7.25. The second-order valence-electron chi connectivity index (χ2n) is 4.52. The van der Waals surface area contributed by atoms with Crippen LogP contribution in [0.2, 0.25) is 0 Å². The minimum atomic E-state index is 0.427. The molecule has 0 fully saturated rings. The highest BCUT2D eigenvalue weighted by Crippen LogP contribution is 2.11. The van der Waals surface area contributed by atoms with E-state index in [-0.39, 0.29) is 0 Å². The summed E-state index contributed by atoms with van der Waals surface area (Å²) in [7, 11) is 2.00. The number of pyridine rings is 2. The van der Waals surface area contributed by atoms with Crippen LogP contribution >= 0.6 is 15.9 Å². The van der Waals surface area contributed by atoms with Crippen molar-refractivity contribution in [2.75, 3.05) is 7.05 Å². The van der Waals surface area contributed by atoms with Crippen molar-refractivity contribution >= 4 is 15.9 Å². The zero-order chi connectivity index (χ0) is 13.5. The van der Waals surface area contributed by atoms with Crippen LogP contribution in [0.1, 0.15) is 17.8 Å². The highest BCUT2D eigenvalue weighted by molar-refractivity contribution is 9.10. The van der Waals surface area contributed by atoms with E-state index in [0.29, 0.717) is 6.04 Å². The summed E-state index contributed by atoms with van der Waals surface area (Å²) >= 11 is 3.40. The van der Waals surface area contributed by atoms with E-state index in [1.807, 2.05) is 37.6 Å². The number of aryl methyl sites for hydroxylation is 1. The van der Waals surface area contributed by atoms with Gasteiger partial charge in [0.2, 0.25) is 0 Å². The second-order valence-corrected chi connectivity index (χ2v) is 5.43. The summed E-state index contributed by atoms with van der Waals surface area (Å²) < 4.78 is 1.02. The number of hydrogen-bond donors (Lipinski definition) is 1. The molecule has 1 atom stereocenters. The smallest absolute Gasteiger partial charge is 0.0419 e. The Hall–Kier alpha value is -1.26. The third kappa shape index (κ3) is 4.73. The summed E-state index contributed by atoms with van der Waals surface area (Å²) in [6, 6.07) is 10.6. The molecule has 2 heterocycles. The highest BCUT2D eigenvalue weighted by atomic mass is 79.9. The van der Waals surface area contributed by atoms with Crippen molar-refractivity contribution in [3.8, 4) is 0 Å². The van der Waals surface area contributed by atoms with Gasteiger partial charge in [-0.15, -0.1) is 0 Å². The molecule has 1 unspecified atom stereocenters. The Balaban J connectivity index is 1.88. The Bertz CT molecular complexity index is 485. The van der Waals surface area contributed by atoms with Gasteiger partial charge in [-0.3, -0.25) is 9.97 Å². The van der Waals surface area contributed by atoms with Crippen molar-refractivity contribution in [3.05, 3.63) is 58.6 Å². The molecule has 2 aromatic heterocycles. The Kier molecular flexibility index (Phi) is 5.48. The van der Waals surface area contributed by atoms with Crippen molar-refractivity contribution in [2.45, 2.75) is 25.3 Å². The number of nitrogens with one attached hydrogen (secondary N) is 1. The zero-order valence-electron chi connectivity index (χ0n) is 11.0. The fourth-order valence-electron chi connectivity index (χ4n) is 2.00.